The van der Waals surface area contributed by atoms with E-state index in [1.807, 2.05) is 0 Å². The Morgan fingerprint density at radius 2 is 1.86 bits per heavy atom. The van der Waals surface area contributed by atoms with Crippen LogP contribution in [0.15, 0.2) is 24.3 Å². The summed E-state index contributed by atoms with van der Waals surface area (Å²) in [7, 11) is 0. The molecular formula is C19H28O2. The highest BCUT2D eigenvalue weighted by atomic mass is 16.6. The highest BCUT2D eigenvalue weighted by molar-refractivity contribution is 5.36. The molecule has 2 unspecified atom stereocenters. The van der Waals surface area contributed by atoms with Gasteiger partial charge in [-0.1, -0.05) is 31.5 Å². The third kappa shape index (κ3) is 3.42. The lowest BCUT2D eigenvalue weighted by Crippen LogP contribution is -2.19. The summed E-state index contributed by atoms with van der Waals surface area (Å²) >= 11 is 0. The summed E-state index contributed by atoms with van der Waals surface area (Å²) in [6.45, 7) is 5.06. The molecule has 0 N–H and O–H groups in total. The SMILES string of the molecule is CCCC1OC1[C@H]1CC[C@H](c2ccccc2OCC)CC1. The van der Waals surface area contributed by atoms with E-state index in [0.29, 0.717) is 18.1 Å². The quantitative estimate of drug-likeness (QED) is 0.692. The number of benzene rings is 1. The van der Waals surface area contributed by atoms with Crippen molar-refractivity contribution in [2.75, 3.05) is 6.61 Å². The zero-order chi connectivity index (χ0) is 14.7. The predicted molar refractivity (Wildman–Crippen MR) is 85.9 cm³/mol. The minimum Gasteiger partial charge on any atom is -0.494 e. The van der Waals surface area contributed by atoms with Crippen molar-refractivity contribution in [1.82, 2.24) is 0 Å². The molecule has 2 fully saturated rings. The average molecular weight is 288 g/mol. The summed E-state index contributed by atoms with van der Waals surface area (Å²) in [5.41, 5.74) is 1.42. The molecule has 116 valence electrons. The molecular weight excluding hydrogens is 260 g/mol. The molecule has 2 heteroatoms. The van der Waals surface area contributed by atoms with Gasteiger partial charge in [0.2, 0.25) is 0 Å². The van der Waals surface area contributed by atoms with E-state index < -0.39 is 0 Å². The number of ether oxygens (including phenoxy) is 2. The maximum Gasteiger partial charge on any atom is 0.122 e. The first kappa shape index (κ1) is 14.9. The Balaban J connectivity index is 1.56. The summed E-state index contributed by atoms with van der Waals surface area (Å²) in [6, 6.07) is 8.59. The molecule has 1 aromatic carbocycles. The maximum atomic E-state index is 5.88. The van der Waals surface area contributed by atoms with Crippen molar-refractivity contribution in [1.29, 1.82) is 0 Å². The van der Waals surface area contributed by atoms with Gasteiger partial charge in [-0.15, -0.1) is 0 Å². The molecule has 2 nitrogen and oxygen atoms in total. The Morgan fingerprint density at radius 3 is 2.57 bits per heavy atom. The minimum absolute atomic E-state index is 0.576. The lowest BCUT2D eigenvalue weighted by molar-refractivity contribution is 0.245. The van der Waals surface area contributed by atoms with E-state index >= 15 is 0 Å². The molecule has 21 heavy (non-hydrogen) atoms. The Hall–Kier alpha value is -1.02. The van der Waals surface area contributed by atoms with Crippen molar-refractivity contribution in [3.63, 3.8) is 0 Å². The van der Waals surface area contributed by atoms with E-state index in [1.54, 1.807) is 0 Å². The van der Waals surface area contributed by atoms with E-state index in [2.05, 4.69) is 38.1 Å². The Morgan fingerprint density at radius 1 is 1.10 bits per heavy atom. The first-order valence-electron chi connectivity index (χ1n) is 8.70. The monoisotopic (exact) mass is 288 g/mol. The van der Waals surface area contributed by atoms with Gasteiger partial charge in [-0.2, -0.15) is 0 Å². The molecule has 1 aliphatic carbocycles. The average Bonchev–Trinajstić information content (AvgIpc) is 3.28. The maximum absolute atomic E-state index is 5.88. The first-order valence-corrected chi connectivity index (χ1v) is 8.70. The van der Waals surface area contributed by atoms with Crippen LogP contribution in [0.25, 0.3) is 0 Å². The van der Waals surface area contributed by atoms with Crippen molar-refractivity contribution < 1.29 is 9.47 Å². The molecule has 1 aromatic rings. The first-order chi connectivity index (χ1) is 10.3. The summed E-state index contributed by atoms with van der Waals surface area (Å²) < 4.78 is 11.7. The molecule has 0 radical (unpaired) electrons. The van der Waals surface area contributed by atoms with Crippen molar-refractivity contribution in [3.8, 4) is 5.75 Å². The van der Waals surface area contributed by atoms with Crippen LogP contribution in [0.1, 0.15) is 63.9 Å². The summed E-state index contributed by atoms with van der Waals surface area (Å²) in [6.07, 6.45) is 8.85. The van der Waals surface area contributed by atoms with Crippen LogP contribution in [-0.4, -0.2) is 18.8 Å². The largest absolute Gasteiger partial charge is 0.494 e. The van der Waals surface area contributed by atoms with Crippen LogP contribution in [0.4, 0.5) is 0 Å². The normalized spacial score (nSPS) is 31.9. The third-order valence-electron chi connectivity index (χ3n) is 5.09. The second-order valence-corrected chi connectivity index (χ2v) is 6.51. The summed E-state index contributed by atoms with van der Waals surface area (Å²) in [5, 5.41) is 0. The number of epoxide rings is 1. The summed E-state index contributed by atoms with van der Waals surface area (Å²) in [5.74, 6) is 2.57. The highest BCUT2D eigenvalue weighted by Crippen LogP contribution is 2.45. The van der Waals surface area contributed by atoms with E-state index in [1.165, 1.54) is 44.1 Å². The van der Waals surface area contributed by atoms with Gasteiger partial charge in [-0.3, -0.25) is 0 Å². The molecule has 2 atom stereocenters. The molecule has 1 aliphatic heterocycles. The van der Waals surface area contributed by atoms with Gasteiger partial charge in [0.05, 0.1) is 18.8 Å². The van der Waals surface area contributed by atoms with Gasteiger partial charge in [0.25, 0.3) is 0 Å². The minimum atomic E-state index is 0.576. The van der Waals surface area contributed by atoms with Crippen LogP contribution < -0.4 is 4.74 Å². The highest BCUT2D eigenvalue weighted by Gasteiger charge is 2.44. The standard InChI is InChI=1S/C19H28O2/c1-3-7-18-19(21-18)15-12-10-14(11-13-15)16-8-5-6-9-17(16)20-4-2/h5-6,8-9,14-15,18-19H,3-4,7,10-13H2,1-2H3/t14-,15-,18?,19?. The molecule has 1 heterocycles. The van der Waals surface area contributed by atoms with E-state index in [9.17, 15) is 0 Å². The van der Waals surface area contributed by atoms with Crippen molar-refractivity contribution in [2.45, 2.75) is 70.5 Å². The molecule has 2 aliphatic rings. The van der Waals surface area contributed by atoms with Gasteiger partial charge >= 0.3 is 0 Å². The zero-order valence-electron chi connectivity index (χ0n) is 13.4. The number of hydrogen-bond acceptors (Lipinski definition) is 2. The fourth-order valence-corrected chi connectivity index (χ4v) is 3.95. The van der Waals surface area contributed by atoms with Gasteiger partial charge < -0.3 is 9.47 Å². The summed E-state index contributed by atoms with van der Waals surface area (Å²) in [4.78, 5) is 0. The van der Waals surface area contributed by atoms with Gasteiger partial charge in [0, 0.05) is 0 Å². The van der Waals surface area contributed by atoms with E-state index in [4.69, 9.17) is 9.47 Å². The number of rotatable bonds is 6. The van der Waals surface area contributed by atoms with Crippen LogP contribution in [-0.2, 0) is 4.74 Å². The van der Waals surface area contributed by atoms with E-state index in [-0.39, 0.29) is 0 Å². The Kier molecular flexibility index (Phi) is 4.84. The molecule has 1 saturated heterocycles. The Labute approximate surface area is 128 Å². The molecule has 3 rings (SSSR count). The predicted octanol–water partition coefficient (Wildman–Crippen LogP) is 4.93. The molecule has 0 aromatic heterocycles. The van der Waals surface area contributed by atoms with Crippen molar-refractivity contribution in [2.24, 2.45) is 5.92 Å². The zero-order valence-corrected chi connectivity index (χ0v) is 13.4. The number of hydrogen-bond donors (Lipinski definition) is 0. The van der Waals surface area contributed by atoms with Crippen LogP contribution in [0.3, 0.4) is 0 Å². The number of para-hydroxylation sites is 1. The van der Waals surface area contributed by atoms with Gasteiger partial charge in [-0.25, -0.2) is 0 Å². The van der Waals surface area contributed by atoms with Crippen LogP contribution in [0.2, 0.25) is 0 Å². The van der Waals surface area contributed by atoms with Crippen LogP contribution >= 0.6 is 0 Å². The third-order valence-corrected chi connectivity index (χ3v) is 5.09. The Bertz CT molecular complexity index is 449. The lowest BCUT2D eigenvalue weighted by Gasteiger charge is -2.29. The molecule has 0 bridgehead atoms. The smallest absolute Gasteiger partial charge is 0.122 e. The van der Waals surface area contributed by atoms with Crippen LogP contribution in [0, 0.1) is 5.92 Å². The van der Waals surface area contributed by atoms with Gasteiger partial charge in [0.15, 0.2) is 0 Å². The second-order valence-electron chi connectivity index (χ2n) is 6.51. The van der Waals surface area contributed by atoms with Crippen molar-refractivity contribution >= 4 is 0 Å². The van der Waals surface area contributed by atoms with E-state index in [0.717, 1.165) is 18.3 Å². The fraction of sp³-hybridized carbons (Fsp3) is 0.684. The van der Waals surface area contributed by atoms with Gasteiger partial charge in [0.1, 0.15) is 5.75 Å². The molecule has 1 saturated carbocycles. The fourth-order valence-electron chi connectivity index (χ4n) is 3.95. The molecule has 0 spiro atoms. The van der Waals surface area contributed by atoms with Crippen LogP contribution in [0.5, 0.6) is 5.75 Å². The topological polar surface area (TPSA) is 21.8 Å². The molecule has 0 amide bonds. The second kappa shape index (κ2) is 6.83. The van der Waals surface area contributed by atoms with Gasteiger partial charge in [-0.05, 0) is 62.5 Å². The lowest BCUT2D eigenvalue weighted by atomic mass is 9.76. The van der Waals surface area contributed by atoms with Crippen molar-refractivity contribution in [3.05, 3.63) is 29.8 Å².